The Morgan fingerprint density at radius 1 is 1.25 bits per heavy atom. The van der Waals surface area contributed by atoms with Gasteiger partial charge < -0.3 is 14.4 Å². The second-order valence-electron chi connectivity index (χ2n) is 8.51. The Morgan fingerprint density at radius 2 is 1.96 bits per heavy atom. The van der Waals surface area contributed by atoms with Crippen LogP contribution in [0.4, 0.5) is 0 Å². The SMILES string of the molecule is CC(CC(=O)N(Cc1ccc2c(c1)OCO2)C1CC1)CC(C)(C)C. The molecule has 0 spiro atoms. The highest BCUT2D eigenvalue weighted by Crippen LogP contribution is 2.35. The summed E-state index contributed by atoms with van der Waals surface area (Å²) in [5.41, 5.74) is 1.38. The van der Waals surface area contributed by atoms with Gasteiger partial charge in [-0.2, -0.15) is 0 Å². The monoisotopic (exact) mass is 331 g/mol. The van der Waals surface area contributed by atoms with Crippen molar-refractivity contribution in [3.05, 3.63) is 23.8 Å². The number of nitrogens with zero attached hydrogens (tertiary/aromatic N) is 1. The van der Waals surface area contributed by atoms with Crippen molar-refractivity contribution in [3.63, 3.8) is 0 Å². The van der Waals surface area contributed by atoms with E-state index in [-0.39, 0.29) is 18.1 Å². The number of amides is 1. The Kier molecular flexibility index (Phi) is 4.75. The van der Waals surface area contributed by atoms with Crippen LogP contribution in [0.3, 0.4) is 0 Å². The number of fused-ring (bicyclic) bond motifs is 1. The maximum atomic E-state index is 12.8. The summed E-state index contributed by atoms with van der Waals surface area (Å²) in [6.45, 7) is 9.85. The summed E-state index contributed by atoms with van der Waals surface area (Å²) in [6.07, 6.45) is 3.97. The van der Waals surface area contributed by atoms with Crippen LogP contribution < -0.4 is 9.47 Å². The molecule has 1 atom stereocenters. The highest BCUT2D eigenvalue weighted by molar-refractivity contribution is 5.77. The lowest BCUT2D eigenvalue weighted by Gasteiger charge is -2.27. The van der Waals surface area contributed by atoms with E-state index in [4.69, 9.17) is 9.47 Å². The van der Waals surface area contributed by atoms with E-state index < -0.39 is 0 Å². The minimum absolute atomic E-state index is 0.265. The highest BCUT2D eigenvalue weighted by Gasteiger charge is 2.33. The molecule has 1 amide bonds. The second kappa shape index (κ2) is 6.66. The van der Waals surface area contributed by atoms with E-state index in [1.165, 1.54) is 0 Å². The zero-order valence-corrected chi connectivity index (χ0v) is 15.3. The lowest BCUT2D eigenvalue weighted by atomic mass is 9.84. The van der Waals surface area contributed by atoms with Crippen LogP contribution in [0.1, 0.15) is 58.9 Å². The quantitative estimate of drug-likeness (QED) is 0.777. The summed E-state index contributed by atoms with van der Waals surface area (Å²) in [5, 5.41) is 0. The molecule has 0 saturated heterocycles. The van der Waals surface area contributed by atoms with Crippen molar-refractivity contribution >= 4 is 5.91 Å². The van der Waals surface area contributed by atoms with Gasteiger partial charge in [-0.15, -0.1) is 0 Å². The van der Waals surface area contributed by atoms with Crippen molar-refractivity contribution in [2.75, 3.05) is 6.79 Å². The average Bonchev–Trinajstić information content (AvgIpc) is 3.19. The van der Waals surface area contributed by atoms with Crippen LogP contribution in [-0.4, -0.2) is 23.6 Å². The number of benzene rings is 1. The summed E-state index contributed by atoms with van der Waals surface area (Å²) >= 11 is 0. The molecule has 1 heterocycles. The Balaban J connectivity index is 1.63. The Labute approximate surface area is 145 Å². The first-order chi connectivity index (χ1) is 11.3. The van der Waals surface area contributed by atoms with Gasteiger partial charge in [-0.1, -0.05) is 33.8 Å². The minimum Gasteiger partial charge on any atom is -0.454 e. The van der Waals surface area contributed by atoms with Crippen LogP contribution in [0.5, 0.6) is 11.5 Å². The number of hydrogen-bond acceptors (Lipinski definition) is 3. The molecule has 0 N–H and O–H groups in total. The van der Waals surface area contributed by atoms with Crippen LogP contribution in [0.25, 0.3) is 0 Å². The van der Waals surface area contributed by atoms with E-state index in [1.807, 2.05) is 18.2 Å². The standard InChI is InChI=1S/C20H29NO3/c1-14(11-20(2,3)4)9-19(22)21(16-6-7-16)12-15-5-8-17-18(10-15)24-13-23-17/h5,8,10,14,16H,6-7,9,11-13H2,1-4H3. The zero-order chi connectivity index (χ0) is 17.3. The van der Waals surface area contributed by atoms with Crippen molar-refractivity contribution in [1.82, 2.24) is 4.90 Å². The molecule has 4 nitrogen and oxygen atoms in total. The maximum Gasteiger partial charge on any atom is 0.231 e. The van der Waals surface area contributed by atoms with E-state index in [0.717, 1.165) is 36.3 Å². The first-order valence-corrected chi connectivity index (χ1v) is 9.00. The van der Waals surface area contributed by atoms with E-state index >= 15 is 0 Å². The summed E-state index contributed by atoms with van der Waals surface area (Å²) in [7, 11) is 0. The molecule has 0 aromatic heterocycles. The molecule has 1 aromatic carbocycles. The fourth-order valence-electron chi connectivity index (χ4n) is 3.58. The number of carbonyl (C=O) groups is 1. The molecular weight excluding hydrogens is 302 g/mol. The molecule has 24 heavy (non-hydrogen) atoms. The predicted molar refractivity (Wildman–Crippen MR) is 94.0 cm³/mol. The molecule has 1 aliphatic carbocycles. The fourth-order valence-corrected chi connectivity index (χ4v) is 3.58. The van der Waals surface area contributed by atoms with Crippen molar-refractivity contribution in [1.29, 1.82) is 0 Å². The van der Waals surface area contributed by atoms with Gasteiger partial charge in [0.1, 0.15) is 0 Å². The van der Waals surface area contributed by atoms with Crippen LogP contribution >= 0.6 is 0 Å². The van der Waals surface area contributed by atoms with Gasteiger partial charge in [-0.25, -0.2) is 0 Å². The average molecular weight is 331 g/mol. The van der Waals surface area contributed by atoms with Gasteiger partial charge in [0.2, 0.25) is 12.7 Å². The smallest absolute Gasteiger partial charge is 0.231 e. The van der Waals surface area contributed by atoms with Crippen molar-refractivity contribution < 1.29 is 14.3 Å². The summed E-state index contributed by atoms with van der Waals surface area (Å²) in [5.74, 6) is 2.28. The fraction of sp³-hybridized carbons (Fsp3) is 0.650. The summed E-state index contributed by atoms with van der Waals surface area (Å²) < 4.78 is 10.8. The summed E-state index contributed by atoms with van der Waals surface area (Å²) in [6, 6.07) is 6.40. The zero-order valence-electron chi connectivity index (χ0n) is 15.3. The Bertz CT molecular complexity index is 601. The molecule has 1 aliphatic heterocycles. The van der Waals surface area contributed by atoms with Crippen molar-refractivity contribution in [3.8, 4) is 11.5 Å². The van der Waals surface area contributed by atoms with Gasteiger partial charge in [-0.05, 0) is 48.3 Å². The van der Waals surface area contributed by atoms with Gasteiger partial charge in [-0.3, -0.25) is 4.79 Å². The Hall–Kier alpha value is -1.71. The van der Waals surface area contributed by atoms with Crippen LogP contribution in [0, 0.1) is 11.3 Å². The van der Waals surface area contributed by atoms with Gasteiger partial charge in [0.15, 0.2) is 11.5 Å². The molecule has 1 unspecified atom stereocenters. The molecule has 0 radical (unpaired) electrons. The molecule has 132 valence electrons. The predicted octanol–water partition coefficient (Wildman–Crippen LogP) is 4.37. The van der Waals surface area contributed by atoms with Crippen molar-refractivity contribution in [2.45, 2.75) is 66.0 Å². The summed E-state index contributed by atoms with van der Waals surface area (Å²) in [4.78, 5) is 14.9. The van der Waals surface area contributed by atoms with Gasteiger partial charge in [0, 0.05) is 19.0 Å². The van der Waals surface area contributed by atoms with Crippen LogP contribution in [0.2, 0.25) is 0 Å². The number of hydrogen-bond donors (Lipinski definition) is 0. The third-order valence-corrected chi connectivity index (χ3v) is 4.58. The molecule has 0 bridgehead atoms. The third kappa shape index (κ3) is 4.43. The molecular formula is C20H29NO3. The number of carbonyl (C=O) groups excluding carboxylic acids is 1. The van der Waals surface area contributed by atoms with E-state index in [2.05, 4.69) is 32.6 Å². The lowest BCUT2D eigenvalue weighted by molar-refractivity contribution is -0.133. The molecule has 2 aliphatic rings. The first kappa shape index (κ1) is 17.1. The number of rotatable bonds is 6. The molecule has 1 aromatic rings. The molecule has 1 fully saturated rings. The van der Waals surface area contributed by atoms with E-state index in [0.29, 0.717) is 24.9 Å². The lowest BCUT2D eigenvalue weighted by Crippen LogP contribution is -2.34. The van der Waals surface area contributed by atoms with Gasteiger partial charge in [0.25, 0.3) is 0 Å². The normalized spacial score (nSPS) is 17.7. The third-order valence-electron chi connectivity index (χ3n) is 4.58. The first-order valence-electron chi connectivity index (χ1n) is 9.00. The highest BCUT2D eigenvalue weighted by atomic mass is 16.7. The molecule has 1 saturated carbocycles. The second-order valence-corrected chi connectivity index (χ2v) is 8.51. The Morgan fingerprint density at radius 3 is 2.62 bits per heavy atom. The van der Waals surface area contributed by atoms with Gasteiger partial charge >= 0.3 is 0 Å². The van der Waals surface area contributed by atoms with Crippen LogP contribution in [0.15, 0.2) is 18.2 Å². The van der Waals surface area contributed by atoms with Crippen LogP contribution in [-0.2, 0) is 11.3 Å². The van der Waals surface area contributed by atoms with E-state index in [1.54, 1.807) is 0 Å². The van der Waals surface area contributed by atoms with E-state index in [9.17, 15) is 4.79 Å². The van der Waals surface area contributed by atoms with Crippen molar-refractivity contribution in [2.24, 2.45) is 11.3 Å². The largest absolute Gasteiger partial charge is 0.454 e. The molecule has 4 heteroatoms. The topological polar surface area (TPSA) is 38.8 Å². The van der Waals surface area contributed by atoms with Gasteiger partial charge in [0.05, 0.1) is 0 Å². The molecule has 3 rings (SSSR count). The number of ether oxygens (including phenoxy) is 2. The maximum absolute atomic E-state index is 12.8. The minimum atomic E-state index is 0.265.